The van der Waals surface area contributed by atoms with Gasteiger partial charge in [-0.05, 0) is 17.7 Å². The van der Waals surface area contributed by atoms with Gasteiger partial charge in [0.05, 0.1) is 12.1 Å². The van der Waals surface area contributed by atoms with Gasteiger partial charge >= 0.3 is 6.18 Å². The molecule has 1 atom stereocenters. The van der Waals surface area contributed by atoms with Gasteiger partial charge in [-0.3, -0.25) is 9.69 Å². The zero-order valence-electron chi connectivity index (χ0n) is 10.8. The van der Waals surface area contributed by atoms with Crippen LogP contribution in [0.5, 0.6) is 0 Å². The molecular formula is C13H16F3N3O. The second-order valence-electron chi connectivity index (χ2n) is 4.81. The van der Waals surface area contributed by atoms with E-state index in [1.165, 1.54) is 6.07 Å². The molecule has 1 aromatic carbocycles. The minimum Gasteiger partial charge on any atom is -0.354 e. The molecule has 1 amide bonds. The highest BCUT2D eigenvalue weighted by Crippen LogP contribution is 2.30. The molecule has 0 spiro atoms. The number of nitrogens with zero attached hydrogens (tertiary/aromatic N) is 1. The first-order chi connectivity index (χ1) is 9.36. The van der Waals surface area contributed by atoms with Crippen LogP contribution < -0.4 is 11.1 Å². The van der Waals surface area contributed by atoms with Gasteiger partial charge in [0, 0.05) is 25.7 Å². The lowest BCUT2D eigenvalue weighted by atomic mass is 10.0. The molecule has 1 fully saturated rings. The summed E-state index contributed by atoms with van der Waals surface area (Å²) in [4.78, 5) is 13.1. The summed E-state index contributed by atoms with van der Waals surface area (Å²) in [6.45, 7) is 1.77. The van der Waals surface area contributed by atoms with Crippen LogP contribution in [0.15, 0.2) is 24.3 Å². The Labute approximate surface area is 114 Å². The Morgan fingerprint density at radius 2 is 2.15 bits per heavy atom. The van der Waals surface area contributed by atoms with Crippen molar-refractivity contribution in [2.75, 3.05) is 26.2 Å². The normalized spacial score (nSPS) is 18.7. The number of hydrogen-bond acceptors (Lipinski definition) is 3. The van der Waals surface area contributed by atoms with Gasteiger partial charge in [0.15, 0.2) is 0 Å². The van der Waals surface area contributed by atoms with E-state index in [0.717, 1.165) is 12.1 Å². The average molecular weight is 287 g/mol. The lowest BCUT2D eigenvalue weighted by molar-refractivity contribution is -0.137. The number of nitrogens with two attached hydrogens (primary N) is 1. The van der Waals surface area contributed by atoms with Gasteiger partial charge in [0.1, 0.15) is 0 Å². The molecule has 2 rings (SSSR count). The summed E-state index contributed by atoms with van der Waals surface area (Å²) < 4.78 is 37.9. The van der Waals surface area contributed by atoms with Gasteiger partial charge in [-0.1, -0.05) is 12.1 Å². The standard InChI is InChI=1S/C13H16F3N3O/c14-13(15,16)10-3-1-2-9(6-10)11(17)7-19-5-4-18-12(20)8-19/h1-3,6,11H,4-5,7-8,17H2,(H,18,20). The van der Waals surface area contributed by atoms with Crippen LogP contribution in [0.2, 0.25) is 0 Å². The zero-order chi connectivity index (χ0) is 14.8. The molecule has 0 aliphatic carbocycles. The van der Waals surface area contributed by atoms with Gasteiger partial charge in [-0.15, -0.1) is 0 Å². The molecule has 0 bridgehead atoms. The summed E-state index contributed by atoms with van der Waals surface area (Å²) in [5.74, 6) is -0.0903. The fourth-order valence-electron chi connectivity index (χ4n) is 2.18. The largest absolute Gasteiger partial charge is 0.416 e. The van der Waals surface area contributed by atoms with Crippen LogP contribution in [0.25, 0.3) is 0 Å². The molecule has 20 heavy (non-hydrogen) atoms. The van der Waals surface area contributed by atoms with E-state index in [4.69, 9.17) is 5.73 Å². The van der Waals surface area contributed by atoms with E-state index in [2.05, 4.69) is 5.32 Å². The first-order valence-corrected chi connectivity index (χ1v) is 6.28. The van der Waals surface area contributed by atoms with E-state index in [1.807, 2.05) is 4.90 Å². The van der Waals surface area contributed by atoms with Crippen molar-refractivity contribution in [3.8, 4) is 0 Å². The second kappa shape index (κ2) is 5.80. The summed E-state index contributed by atoms with van der Waals surface area (Å²) in [5.41, 5.74) is 5.66. The number of piperazine rings is 1. The Bertz CT molecular complexity index is 490. The predicted molar refractivity (Wildman–Crippen MR) is 67.8 cm³/mol. The molecule has 0 saturated carbocycles. The van der Waals surface area contributed by atoms with Crippen molar-refractivity contribution in [2.24, 2.45) is 5.73 Å². The second-order valence-corrected chi connectivity index (χ2v) is 4.81. The van der Waals surface area contributed by atoms with Gasteiger partial charge in [-0.25, -0.2) is 0 Å². The molecule has 0 radical (unpaired) electrons. The fourth-order valence-corrected chi connectivity index (χ4v) is 2.18. The maximum atomic E-state index is 12.6. The van der Waals surface area contributed by atoms with E-state index < -0.39 is 17.8 Å². The van der Waals surface area contributed by atoms with Crippen molar-refractivity contribution in [3.05, 3.63) is 35.4 Å². The van der Waals surface area contributed by atoms with Gasteiger partial charge in [0.25, 0.3) is 0 Å². The van der Waals surface area contributed by atoms with E-state index in [-0.39, 0.29) is 12.5 Å². The van der Waals surface area contributed by atoms with Crippen molar-refractivity contribution in [2.45, 2.75) is 12.2 Å². The minimum atomic E-state index is -4.37. The van der Waals surface area contributed by atoms with Gasteiger partial charge < -0.3 is 11.1 Å². The monoisotopic (exact) mass is 287 g/mol. The predicted octanol–water partition coefficient (Wildman–Crippen LogP) is 1.14. The third kappa shape index (κ3) is 3.71. The number of alkyl halides is 3. The van der Waals surface area contributed by atoms with Crippen LogP contribution in [0.3, 0.4) is 0 Å². The highest BCUT2D eigenvalue weighted by molar-refractivity contribution is 5.78. The average Bonchev–Trinajstić information content (AvgIpc) is 2.38. The Balaban J connectivity index is 2.05. The quantitative estimate of drug-likeness (QED) is 0.876. The van der Waals surface area contributed by atoms with Crippen LogP contribution in [0.1, 0.15) is 17.2 Å². The van der Waals surface area contributed by atoms with E-state index in [1.54, 1.807) is 6.07 Å². The summed E-state index contributed by atoms with van der Waals surface area (Å²) in [6, 6.07) is 4.45. The molecule has 110 valence electrons. The maximum absolute atomic E-state index is 12.6. The molecule has 3 N–H and O–H groups in total. The van der Waals surface area contributed by atoms with Gasteiger partial charge in [0.2, 0.25) is 5.91 Å². The number of carbonyl (C=O) groups excluding carboxylic acids is 1. The maximum Gasteiger partial charge on any atom is 0.416 e. The summed E-state index contributed by atoms with van der Waals surface area (Å²) in [6.07, 6.45) is -4.37. The smallest absolute Gasteiger partial charge is 0.354 e. The van der Waals surface area contributed by atoms with Crippen LogP contribution in [-0.2, 0) is 11.0 Å². The van der Waals surface area contributed by atoms with Crippen molar-refractivity contribution in [1.29, 1.82) is 0 Å². The highest BCUT2D eigenvalue weighted by Gasteiger charge is 2.31. The topological polar surface area (TPSA) is 58.4 Å². The molecule has 7 heteroatoms. The minimum absolute atomic E-state index is 0.0903. The first-order valence-electron chi connectivity index (χ1n) is 6.28. The Morgan fingerprint density at radius 1 is 1.40 bits per heavy atom. The van der Waals surface area contributed by atoms with Crippen LogP contribution in [0, 0.1) is 0 Å². The van der Waals surface area contributed by atoms with Crippen LogP contribution >= 0.6 is 0 Å². The third-order valence-corrected chi connectivity index (χ3v) is 3.21. The molecule has 0 aromatic heterocycles. The van der Waals surface area contributed by atoms with Crippen LogP contribution in [0.4, 0.5) is 13.2 Å². The molecule has 1 aliphatic heterocycles. The number of benzene rings is 1. The van der Waals surface area contributed by atoms with Gasteiger partial charge in [-0.2, -0.15) is 13.2 Å². The highest BCUT2D eigenvalue weighted by atomic mass is 19.4. The fraction of sp³-hybridized carbons (Fsp3) is 0.462. The van der Waals surface area contributed by atoms with Crippen molar-refractivity contribution < 1.29 is 18.0 Å². The molecule has 1 heterocycles. The SMILES string of the molecule is NC(CN1CCNC(=O)C1)c1cccc(C(F)(F)F)c1. The summed E-state index contributed by atoms with van der Waals surface area (Å²) >= 11 is 0. The van der Waals surface area contributed by atoms with E-state index >= 15 is 0 Å². The molecule has 1 aromatic rings. The summed E-state index contributed by atoms with van der Waals surface area (Å²) in [7, 11) is 0. The van der Waals surface area contributed by atoms with Crippen molar-refractivity contribution in [3.63, 3.8) is 0 Å². The van der Waals surface area contributed by atoms with Crippen LogP contribution in [-0.4, -0.2) is 37.0 Å². The lowest BCUT2D eigenvalue weighted by Crippen LogP contribution is -2.49. The molecule has 4 nitrogen and oxygen atoms in total. The summed E-state index contributed by atoms with van der Waals surface area (Å²) in [5, 5.41) is 2.68. The Kier molecular flexibility index (Phi) is 4.29. The number of halogens is 3. The molecule has 1 unspecified atom stereocenters. The molecule has 1 saturated heterocycles. The molecular weight excluding hydrogens is 271 g/mol. The zero-order valence-corrected chi connectivity index (χ0v) is 10.8. The Morgan fingerprint density at radius 3 is 2.80 bits per heavy atom. The lowest BCUT2D eigenvalue weighted by Gasteiger charge is -2.29. The number of hydrogen-bond donors (Lipinski definition) is 2. The molecule has 1 aliphatic rings. The van der Waals surface area contributed by atoms with Crippen molar-refractivity contribution in [1.82, 2.24) is 10.2 Å². The number of amides is 1. The van der Waals surface area contributed by atoms with Crippen molar-refractivity contribution >= 4 is 5.91 Å². The van der Waals surface area contributed by atoms with E-state index in [9.17, 15) is 18.0 Å². The van der Waals surface area contributed by atoms with E-state index in [0.29, 0.717) is 25.2 Å². The first kappa shape index (κ1) is 14.8. The number of carbonyl (C=O) groups is 1. The Hall–Kier alpha value is -1.60. The third-order valence-electron chi connectivity index (χ3n) is 3.21. The number of rotatable bonds is 3. The number of nitrogens with one attached hydrogen (secondary N) is 1.